The second-order valence-electron chi connectivity index (χ2n) is 3.56. The number of likely N-dealkylation sites (N-methyl/N-ethyl adjacent to an activating group) is 1. The normalized spacial score (nSPS) is 10.4. The molecule has 1 aromatic rings. The maximum atomic E-state index is 5.32. The summed E-state index contributed by atoms with van der Waals surface area (Å²) >= 11 is 3.47. The second kappa shape index (κ2) is 7.65. The standard InChI is InChI=1S/C12H19BrN2O/c1-14-7-8-15-6-5-10-9-11(13)3-4-12(10)16-2/h3-4,9,14-15H,5-8H2,1-2H3. The topological polar surface area (TPSA) is 33.3 Å². The SMILES string of the molecule is CNCCNCCc1cc(Br)ccc1OC. The fourth-order valence-corrected chi connectivity index (χ4v) is 1.91. The van der Waals surface area contributed by atoms with Crippen molar-refractivity contribution < 1.29 is 4.74 Å². The van der Waals surface area contributed by atoms with Gasteiger partial charge < -0.3 is 15.4 Å². The van der Waals surface area contributed by atoms with E-state index in [2.05, 4.69) is 32.6 Å². The van der Waals surface area contributed by atoms with Crippen LogP contribution in [-0.2, 0) is 6.42 Å². The number of nitrogens with one attached hydrogen (secondary N) is 2. The Morgan fingerprint density at radius 1 is 1.25 bits per heavy atom. The van der Waals surface area contributed by atoms with Crippen molar-refractivity contribution in [3.63, 3.8) is 0 Å². The van der Waals surface area contributed by atoms with Crippen LogP contribution in [0.1, 0.15) is 5.56 Å². The zero-order valence-corrected chi connectivity index (χ0v) is 11.4. The molecule has 0 fully saturated rings. The quantitative estimate of drug-likeness (QED) is 0.750. The smallest absolute Gasteiger partial charge is 0.122 e. The number of ether oxygens (including phenoxy) is 1. The third kappa shape index (κ3) is 4.51. The van der Waals surface area contributed by atoms with Crippen molar-refractivity contribution in [1.82, 2.24) is 10.6 Å². The first-order chi connectivity index (χ1) is 7.77. The van der Waals surface area contributed by atoms with Gasteiger partial charge in [-0.3, -0.25) is 0 Å². The van der Waals surface area contributed by atoms with Crippen LogP contribution in [0.4, 0.5) is 0 Å². The first kappa shape index (κ1) is 13.5. The molecule has 4 heteroatoms. The predicted molar refractivity (Wildman–Crippen MR) is 71.2 cm³/mol. The molecule has 0 atom stereocenters. The Bertz CT molecular complexity index is 318. The molecule has 16 heavy (non-hydrogen) atoms. The highest BCUT2D eigenvalue weighted by molar-refractivity contribution is 9.10. The third-order valence-electron chi connectivity index (χ3n) is 2.37. The molecule has 0 spiro atoms. The van der Waals surface area contributed by atoms with Gasteiger partial charge in [-0.05, 0) is 43.8 Å². The Morgan fingerprint density at radius 3 is 2.75 bits per heavy atom. The summed E-state index contributed by atoms with van der Waals surface area (Å²) in [7, 11) is 3.67. The van der Waals surface area contributed by atoms with E-state index in [1.165, 1.54) is 5.56 Å². The molecule has 0 aliphatic rings. The van der Waals surface area contributed by atoms with Crippen LogP contribution < -0.4 is 15.4 Å². The van der Waals surface area contributed by atoms with Crippen LogP contribution >= 0.6 is 15.9 Å². The minimum absolute atomic E-state index is 0.957. The molecule has 0 unspecified atom stereocenters. The lowest BCUT2D eigenvalue weighted by atomic mass is 10.1. The second-order valence-corrected chi connectivity index (χ2v) is 4.48. The summed E-state index contributed by atoms with van der Waals surface area (Å²) in [6.07, 6.45) is 0.978. The molecule has 0 aliphatic heterocycles. The summed E-state index contributed by atoms with van der Waals surface area (Å²) in [5, 5.41) is 6.48. The van der Waals surface area contributed by atoms with Crippen molar-refractivity contribution in [3.05, 3.63) is 28.2 Å². The van der Waals surface area contributed by atoms with E-state index in [4.69, 9.17) is 4.74 Å². The molecule has 3 nitrogen and oxygen atoms in total. The first-order valence-corrected chi connectivity index (χ1v) is 6.25. The maximum Gasteiger partial charge on any atom is 0.122 e. The van der Waals surface area contributed by atoms with Crippen molar-refractivity contribution in [2.45, 2.75) is 6.42 Å². The van der Waals surface area contributed by atoms with Crippen molar-refractivity contribution in [3.8, 4) is 5.75 Å². The van der Waals surface area contributed by atoms with Crippen molar-refractivity contribution in [2.75, 3.05) is 33.8 Å². The number of hydrogen-bond acceptors (Lipinski definition) is 3. The summed E-state index contributed by atoms with van der Waals surface area (Å²) in [6, 6.07) is 6.10. The van der Waals surface area contributed by atoms with Gasteiger partial charge in [0, 0.05) is 17.6 Å². The third-order valence-corrected chi connectivity index (χ3v) is 2.86. The van der Waals surface area contributed by atoms with Gasteiger partial charge in [-0.15, -0.1) is 0 Å². The van der Waals surface area contributed by atoms with Crippen molar-refractivity contribution in [2.24, 2.45) is 0 Å². The molecule has 1 aromatic carbocycles. The van der Waals surface area contributed by atoms with E-state index >= 15 is 0 Å². The highest BCUT2D eigenvalue weighted by atomic mass is 79.9. The van der Waals surface area contributed by atoms with E-state index < -0.39 is 0 Å². The van der Waals surface area contributed by atoms with Gasteiger partial charge >= 0.3 is 0 Å². The molecular weight excluding hydrogens is 268 g/mol. The Morgan fingerprint density at radius 2 is 2.06 bits per heavy atom. The molecule has 2 N–H and O–H groups in total. The molecule has 0 bridgehead atoms. The van der Waals surface area contributed by atoms with Crippen LogP contribution in [0.2, 0.25) is 0 Å². The number of methoxy groups -OCH3 is 1. The van der Waals surface area contributed by atoms with Crippen molar-refractivity contribution >= 4 is 15.9 Å². The van der Waals surface area contributed by atoms with Gasteiger partial charge in [0.15, 0.2) is 0 Å². The molecule has 0 radical (unpaired) electrons. The monoisotopic (exact) mass is 286 g/mol. The Kier molecular flexibility index (Phi) is 6.45. The Balaban J connectivity index is 2.42. The summed E-state index contributed by atoms with van der Waals surface area (Å²) in [5.74, 6) is 0.957. The van der Waals surface area contributed by atoms with Crippen molar-refractivity contribution in [1.29, 1.82) is 0 Å². The molecule has 90 valence electrons. The predicted octanol–water partition coefficient (Wildman–Crippen LogP) is 1.81. The lowest BCUT2D eigenvalue weighted by Gasteiger charge is -2.09. The van der Waals surface area contributed by atoms with E-state index in [-0.39, 0.29) is 0 Å². The average Bonchev–Trinajstić information content (AvgIpc) is 2.29. The summed E-state index contributed by atoms with van der Waals surface area (Å²) in [6.45, 7) is 2.96. The largest absolute Gasteiger partial charge is 0.496 e. The van der Waals surface area contributed by atoms with Crippen LogP contribution in [0, 0.1) is 0 Å². The molecule has 0 aliphatic carbocycles. The van der Waals surface area contributed by atoms with Crippen LogP contribution in [0.5, 0.6) is 5.75 Å². The number of rotatable bonds is 7. The molecule has 0 saturated carbocycles. The lowest BCUT2D eigenvalue weighted by Crippen LogP contribution is -2.26. The van der Waals surface area contributed by atoms with E-state index in [1.807, 2.05) is 19.2 Å². The van der Waals surface area contributed by atoms with Crippen LogP contribution in [0.25, 0.3) is 0 Å². The number of hydrogen-bond donors (Lipinski definition) is 2. The van der Waals surface area contributed by atoms with Gasteiger partial charge in [-0.2, -0.15) is 0 Å². The fourth-order valence-electron chi connectivity index (χ4n) is 1.50. The lowest BCUT2D eigenvalue weighted by molar-refractivity contribution is 0.409. The highest BCUT2D eigenvalue weighted by Gasteiger charge is 2.02. The number of benzene rings is 1. The molecule has 0 aromatic heterocycles. The highest BCUT2D eigenvalue weighted by Crippen LogP contribution is 2.22. The van der Waals surface area contributed by atoms with Gasteiger partial charge in [0.2, 0.25) is 0 Å². The van der Waals surface area contributed by atoms with E-state index in [1.54, 1.807) is 7.11 Å². The fraction of sp³-hybridized carbons (Fsp3) is 0.500. The Hall–Kier alpha value is -0.580. The average molecular weight is 287 g/mol. The maximum absolute atomic E-state index is 5.32. The van der Waals surface area contributed by atoms with Crippen LogP contribution in [0.3, 0.4) is 0 Å². The van der Waals surface area contributed by atoms with Gasteiger partial charge in [-0.1, -0.05) is 15.9 Å². The Labute approximate surface area is 106 Å². The minimum atomic E-state index is 0.957. The summed E-state index contributed by atoms with van der Waals surface area (Å²) in [4.78, 5) is 0. The molecule has 0 heterocycles. The zero-order chi connectivity index (χ0) is 11.8. The molecule has 0 saturated heterocycles. The van der Waals surface area contributed by atoms with Crippen LogP contribution in [-0.4, -0.2) is 33.8 Å². The van der Waals surface area contributed by atoms with E-state index in [9.17, 15) is 0 Å². The number of halogens is 1. The van der Waals surface area contributed by atoms with Gasteiger partial charge in [0.05, 0.1) is 7.11 Å². The summed E-state index contributed by atoms with van der Waals surface area (Å²) < 4.78 is 6.41. The molecular formula is C12H19BrN2O. The summed E-state index contributed by atoms with van der Waals surface area (Å²) in [5.41, 5.74) is 1.23. The zero-order valence-electron chi connectivity index (χ0n) is 9.85. The van der Waals surface area contributed by atoms with Gasteiger partial charge in [0.25, 0.3) is 0 Å². The minimum Gasteiger partial charge on any atom is -0.496 e. The van der Waals surface area contributed by atoms with E-state index in [0.717, 1.165) is 36.3 Å². The van der Waals surface area contributed by atoms with Gasteiger partial charge in [0.1, 0.15) is 5.75 Å². The van der Waals surface area contributed by atoms with Gasteiger partial charge in [-0.25, -0.2) is 0 Å². The van der Waals surface area contributed by atoms with Crippen LogP contribution in [0.15, 0.2) is 22.7 Å². The molecule has 1 rings (SSSR count). The molecule has 0 amide bonds. The first-order valence-electron chi connectivity index (χ1n) is 5.45. The van der Waals surface area contributed by atoms with E-state index in [0.29, 0.717) is 0 Å².